The van der Waals surface area contributed by atoms with Crippen LogP contribution in [0.25, 0.3) is 0 Å². The highest BCUT2D eigenvalue weighted by Crippen LogP contribution is 2.23. The summed E-state index contributed by atoms with van der Waals surface area (Å²) >= 11 is 0. The number of aliphatic carboxylic acids is 1. The van der Waals surface area contributed by atoms with Crippen molar-refractivity contribution in [1.82, 2.24) is 4.90 Å². The Morgan fingerprint density at radius 1 is 1.27 bits per heavy atom. The lowest BCUT2D eigenvalue weighted by Crippen LogP contribution is -2.47. The van der Waals surface area contributed by atoms with Gasteiger partial charge in [-0.15, -0.1) is 0 Å². The molecule has 0 aromatic heterocycles. The molecule has 4 nitrogen and oxygen atoms in total. The molecular formula is C18H25NO3. The number of carbonyl (C=O) groups is 2. The van der Waals surface area contributed by atoms with Gasteiger partial charge in [-0.2, -0.15) is 0 Å². The lowest BCUT2D eigenvalue weighted by Gasteiger charge is -2.37. The fraction of sp³-hybridized carbons (Fsp3) is 0.556. The van der Waals surface area contributed by atoms with Crippen LogP contribution >= 0.6 is 0 Å². The molecule has 120 valence electrons. The monoisotopic (exact) mass is 303 g/mol. The summed E-state index contributed by atoms with van der Waals surface area (Å²) in [4.78, 5) is 25.2. The van der Waals surface area contributed by atoms with Crippen molar-refractivity contribution < 1.29 is 14.7 Å². The summed E-state index contributed by atoms with van der Waals surface area (Å²) in [6, 6.07) is 10.5. The average Bonchev–Trinajstić information content (AvgIpc) is 2.55. The molecule has 0 aliphatic carbocycles. The summed E-state index contributed by atoms with van der Waals surface area (Å²) in [5.41, 5.74) is 1.31. The third-order valence-electron chi connectivity index (χ3n) is 4.50. The Bertz CT molecular complexity index is 500. The van der Waals surface area contributed by atoms with Gasteiger partial charge in [0.05, 0.1) is 0 Å². The van der Waals surface area contributed by atoms with Gasteiger partial charge in [0.1, 0.15) is 5.92 Å². The molecule has 22 heavy (non-hydrogen) atoms. The molecule has 0 radical (unpaired) electrons. The fourth-order valence-electron chi connectivity index (χ4n) is 3.13. The summed E-state index contributed by atoms with van der Waals surface area (Å²) in [6.45, 7) is 2.19. The Kier molecular flexibility index (Phi) is 5.99. The molecule has 1 amide bonds. The fourth-order valence-corrected chi connectivity index (χ4v) is 3.13. The van der Waals surface area contributed by atoms with Crippen LogP contribution in [0.5, 0.6) is 0 Å². The molecular weight excluding hydrogens is 278 g/mol. The third-order valence-corrected chi connectivity index (χ3v) is 4.50. The van der Waals surface area contributed by atoms with Crippen LogP contribution in [0.15, 0.2) is 30.3 Å². The van der Waals surface area contributed by atoms with E-state index in [0.717, 1.165) is 38.5 Å². The van der Waals surface area contributed by atoms with E-state index in [2.05, 4.69) is 12.1 Å². The van der Waals surface area contributed by atoms with Gasteiger partial charge in [0, 0.05) is 12.6 Å². The van der Waals surface area contributed by atoms with Crippen LogP contribution in [0, 0.1) is 5.92 Å². The van der Waals surface area contributed by atoms with Crippen molar-refractivity contribution in [2.75, 3.05) is 6.54 Å². The molecule has 0 bridgehead atoms. The number of amides is 1. The molecule has 1 aliphatic rings. The van der Waals surface area contributed by atoms with E-state index in [1.165, 1.54) is 12.5 Å². The van der Waals surface area contributed by atoms with Crippen molar-refractivity contribution in [2.45, 2.75) is 51.5 Å². The first-order valence-corrected chi connectivity index (χ1v) is 8.17. The molecule has 1 N–H and O–H groups in total. The van der Waals surface area contributed by atoms with Crippen LogP contribution < -0.4 is 0 Å². The predicted molar refractivity (Wildman–Crippen MR) is 85.5 cm³/mol. The zero-order valence-corrected chi connectivity index (χ0v) is 13.2. The standard InChI is InChI=1S/C18H25NO3/c1-14(18(21)22)17(20)19-13-6-5-11-16(19)12-7-10-15-8-3-2-4-9-15/h2-4,8-9,14,16H,5-7,10-13H2,1H3,(H,21,22). The van der Waals surface area contributed by atoms with Crippen molar-refractivity contribution >= 4 is 11.9 Å². The average molecular weight is 303 g/mol. The van der Waals surface area contributed by atoms with E-state index >= 15 is 0 Å². The van der Waals surface area contributed by atoms with E-state index in [9.17, 15) is 9.59 Å². The summed E-state index contributed by atoms with van der Waals surface area (Å²) in [7, 11) is 0. The maximum absolute atomic E-state index is 12.3. The topological polar surface area (TPSA) is 57.6 Å². The highest BCUT2D eigenvalue weighted by molar-refractivity contribution is 5.96. The second-order valence-corrected chi connectivity index (χ2v) is 6.12. The summed E-state index contributed by atoms with van der Waals surface area (Å²) in [5.74, 6) is -2.19. The van der Waals surface area contributed by atoms with Crippen molar-refractivity contribution in [1.29, 1.82) is 0 Å². The molecule has 0 spiro atoms. The number of piperidine rings is 1. The molecule has 4 heteroatoms. The molecule has 1 aliphatic heterocycles. The van der Waals surface area contributed by atoms with Gasteiger partial charge >= 0.3 is 5.97 Å². The van der Waals surface area contributed by atoms with Crippen LogP contribution in [0.4, 0.5) is 0 Å². The van der Waals surface area contributed by atoms with E-state index in [1.54, 1.807) is 0 Å². The summed E-state index contributed by atoms with van der Waals surface area (Å²) in [5, 5.41) is 9.05. The maximum Gasteiger partial charge on any atom is 0.315 e. The lowest BCUT2D eigenvalue weighted by atomic mass is 9.94. The Balaban J connectivity index is 1.89. The number of carbonyl (C=O) groups excluding carboxylic acids is 1. The van der Waals surface area contributed by atoms with Gasteiger partial charge in [-0.1, -0.05) is 30.3 Å². The first-order chi connectivity index (χ1) is 10.6. The number of rotatable bonds is 6. The molecule has 1 saturated heterocycles. The first kappa shape index (κ1) is 16.5. The molecule has 2 rings (SSSR count). The highest BCUT2D eigenvalue weighted by atomic mass is 16.4. The van der Waals surface area contributed by atoms with Crippen LogP contribution in [-0.2, 0) is 16.0 Å². The SMILES string of the molecule is CC(C(=O)O)C(=O)N1CCCCC1CCCc1ccccc1. The largest absolute Gasteiger partial charge is 0.481 e. The normalized spacial score (nSPS) is 19.7. The minimum Gasteiger partial charge on any atom is -0.481 e. The van der Waals surface area contributed by atoms with Gasteiger partial charge in [-0.3, -0.25) is 9.59 Å². The number of hydrogen-bond acceptors (Lipinski definition) is 2. The minimum absolute atomic E-state index is 0.201. The summed E-state index contributed by atoms with van der Waals surface area (Å²) in [6.07, 6.45) is 6.09. The molecule has 1 aromatic rings. The number of likely N-dealkylation sites (tertiary alicyclic amines) is 1. The van der Waals surface area contributed by atoms with Gasteiger partial charge < -0.3 is 10.0 Å². The van der Waals surface area contributed by atoms with Crippen LogP contribution in [-0.4, -0.2) is 34.5 Å². The Morgan fingerprint density at radius 2 is 2.00 bits per heavy atom. The van der Waals surface area contributed by atoms with Crippen molar-refractivity contribution in [2.24, 2.45) is 5.92 Å². The van der Waals surface area contributed by atoms with Gasteiger partial charge in [-0.25, -0.2) is 0 Å². The number of benzene rings is 1. The van der Waals surface area contributed by atoms with E-state index < -0.39 is 11.9 Å². The van der Waals surface area contributed by atoms with Crippen LogP contribution in [0.1, 0.15) is 44.6 Å². The third kappa shape index (κ3) is 4.33. The Morgan fingerprint density at radius 3 is 2.68 bits per heavy atom. The zero-order valence-electron chi connectivity index (χ0n) is 13.2. The Hall–Kier alpha value is -1.84. The molecule has 2 unspecified atom stereocenters. The minimum atomic E-state index is -1.03. The van der Waals surface area contributed by atoms with Crippen molar-refractivity contribution in [3.8, 4) is 0 Å². The van der Waals surface area contributed by atoms with E-state index in [-0.39, 0.29) is 11.9 Å². The number of carboxylic acids is 1. The number of hydrogen-bond donors (Lipinski definition) is 1. The van der Waals surface area contributed by atoms with Crippen molar-refractivity contribution in [3.63, 3.8) is 0 Å². The van der Waals surface area contributed by atoms with Crippen LogP contribution in [0.2, 0.25) is 0 Å². The van der Waals surface area contributed by atoms with Gasteiger partial charge in [-0.05, 0) is 51.0 Å². The number of aryl methyl sites for hydroxylation is 1. The van der Waals surface area contributed by atoms with E-state index in [1.807, 2.05) is 23.1 Å². The van der Waals surface area contributed by atoms with Crippen molar-refractivity contribution in [3.05, 3.63) is 35.9 Å². The summed E-state index contributed by atoms with van der Waals surface area (Å²) < 4.78 is 0. The van der Waals surface area contributed by atoms with E-state index in [0.29, 0.717) is 6.54 Å². The Labute approximate surface area is 132 Å². The molecule has 2 atom stereocenters. The van der Waals surface area contributed by atoms with Crippen LogP contribution in [0.3, 0.4) is 0 Å². The van der Waals surface area contributed by atoms with Gasteiger partial charge in [0.2, 0.25) is 5.91 Å². The van der Waals surface area contributed by atoms with E-state index in [4.69, 9.17) is 5.11 Å². The number of carboxylic acid groups (broad SMARTS) is 1. The number of nitrogens with zero attached hydrogens (tertiary/aromatic N) is 1. The van der Waals surface area contributed by atoms with Gasteiger partial charge in [0.15, 0.2) is 0 Å². The lowest BCUT2D eigenvalue weighted by molar-refractivity contribution is -0.152. The molecule has 1 aromatic carbocycles. The second kappa shape index (κ2) is 7.97. The predicted octanol–water partition coefficient (Wildman–Crippen LogP) is 3.11. The molecule has 1 fully saturated rings. The second-order valence-electron chi connectivity index (χ2n) is 6.12. The first-order valence-electron chi connectivity index (χ1n) is 8.17. The maximum atomic E-state index is 12.3. The zero-order chi connectivity index (χ0) is 15.9. The quantitative estimate of drug-likeness (QED) is 0.822. The smallest absolute Gasteiger partial charge is 0.315 e. The highest BCUT2D eigenvalue weighted by Gasteiger charge is 2.32. The molecule has 1 heterocycles. The molecule has 0 saturated carbocycles. The van der Waals surface area contributed by atoms with Gasteiger partial charge in [0.25, 0.3) is 0 Å².